The standard InChI is InChI=1S/C24H22ClNO5/c1-14-5-10-19-20(11-14)23(29)26(22(19)28)18-4-2-3-16(12-18)24(30)31-13-21(27)15-6-8-17(25)9-7-15/h2-4,6-9,12,14,19-20H,5,10-11,13H2,1H3/t14-,19-,20-/m1/s1. The summed E-state index contributed by atoms with van der Waals surface area (Å²) >= 11 is 5.81. The zero-order valence-electron chi connectivity index (χ0n) is 17.0. The summed E-state index contributed by atoms with van der Waals surface area (Å²) in [7, 11) is 0. The maximum atomic E-state index is 12.9. The van der Waals surface area contributed by atoms with Crippen LogP contribution in [0.2, 0.25) is 5.02 Å². The van der Waals surface area contributed by atoms with Crippen molar-refractivity contribution in [1.82, 2.24) is 0 Å². The molecule has 4 rings (SSSR count). The largest absolute Gasteiger partial charge is 0.454 e. The van der Waals surface area contributed by atoms with E-state index >= 15 is 0 Å². The van der Waals surface area contributed by atoms with Gasteiger partial charge in [-0.15, -0.1) is 0 Å². The van der Waals surface area contributed by atoms with Gasteiger partial charge >= 0.3 is 5.97 Å². The van der Waals surface area contributed by atoms with E-state index in [1.807, 2.05) is 0 Å². The molecule has 1 heterocycles. The molecule has 0 spiro atoms. The molecule has 0 aromatic heterocycles. The van der Waals surface area contributed by atoms with Gasteiger partial charge in [0.15, 0.2) is 12.4 Å². The van der Waals surface area contributed by atoms with Gasteiger partial charge in [-0.2, -0.15) is 0 Å². The number of imide groups is 1. The van der Waals surface area contributed by atoms with Gasteiger partial charge in [0.05, 0.1) is 23.1 Å². The predicted octanol–water partition coefficient (Wildman–Crippen LogP) is 4.31. The number of ketones is 1. The van der Waals surface area contributed by atoms with Crippen molar-refractivity contribution in [2.24, 2.45) is 17.8 Å². The molecule has 2 amide bonds. The van der Waals surface area contributed by atoms with Gasteiger partial charge in [0.2, 0.25) is 11.8 Å². The molecule has 3 atom stereocenters. The number of rotatable bonds is 5. The van der Waals surface area contributed by atoms with E-state index in [0.29, 0.717) is 35.0 Å². The van der Waals surface area contributed by atoms with Crippen LogP contribution in [0.4, 0.5) is 5.69 Å². The van der Waals surface area contributed by atoms with Crippen LogP contribution in [-0.2, 0) is 14.3 Å². The number of anilines is 1. The molecule has 2 aliphatic rings. The van der Waals surface area contributed by atoms with Gasteiger partial charge in [0.1, 0.15) is 0 Å². The highest BCUT2D eigenvalue weighted by Gasteiger charge is 2.50. The maximum absolute atomic E-state index is 12.9. The van der Waals surface area contributed by atoms with E-state index in [1.165, 1.54) is 17.0 Å². The van der Waals surface area contributed by atoms with Crippen molar-refractivity contribution in [2.75, 3.05) is 11.5 Å². The van der Waals surface area contributed by atoms with Crippen LogP contribution in [0.5, 0.6) is 0 Å². The van der Waals surface area contributed by atoms with Crippen molar-refractivity contribution in [3.8, 4) is 0 Å². The van der Waals surface area contributed by atoms with Gasteiger partial charge in [-0.1, -0.05) is 24.6 Å². The Labute approximate surface area is 185 Å². The maximum Gasteiger partial charge on any atom is 0.338 e. The third-order valence-electron chi connectivity index (χ3n) is 6.03. The second kappa shape index (κ2) is 8.63. The highest BCUT2D eigenvalue weighted by molar-refractivity contribution is 6.30. The lowest BCUT2D eigenvalue weighted by molar-refractivity contribution is -0.122. The molecule has 0 unspecified atom stereocenters. The van der Waals surface area contributed by atoms with Crippen molar-refractivity contribution >= 4 is 40.9 Å². The van der Waals surface area contributed by atoms with Gasteiger partial charge in [0.25, 0.3) is 0 Å². The molecule has 31 heavy (non-hydrogen) atoms. The van der Waals surface area contributed by atoms with E-state index < -0.39 is 12.6 Å². The first kappa shape index (κ1) is 21.2. The molecule has 0 radical (unpaired) electrons. The first-order valence-corrected chi connectivity index (χ1v) is 10.7. The Morgan fingerprint density at radius 3 is 2.45 bits per heavy atom. The summed E-state index contributed by atoms with van der Waals surface area (Å²) in [5.74, 6) is -1.62. The van der Waals surface area contributed by atoms with Crippen LogP contribution in [0.1, 0.15) is 46.9 Å². The number of nitrogens with zero attached hydrogens (tertiary/aromatic N) is 1. The molecule has 7 heteroatoms. The summed E-state index contributed by atoms with van der Waals surface area (Å²) in [5, 5.41) is 0.505. The van der Waals surface area contributed by atoms with Gasteiger partial charge < -0.3 is 4.74 Å². The van der Waals surface area contributed by atoms with Crippen molar-refractivity contribution in [3.63, 3.8) is 0 Å². The number of carbonyl (C=O) groups is 4. The van der Waals surface area contributed by atoms with E-state index in [4.69, 9.17) is 16.3 Å². The Balaban J connectivity index is 1.46. The van der Waals surface area contributed by atoms with E-state index in [1.54, 1.807) is 36.4 Å². The Morgan fingerprint density at radius 1 is 1.00 bits per heavy atom. The molecule has 0 N–H and O–H groups in total. The van der Waals surface area contributed by atoms with E-state index in [-0.39, 0.29) is 35.0 Å². The summed E-state index contributed by atoms with van der Waals surface area (Å²) in [6.07, 6.45) is 2.35. The minimum Gasteiger partial charge on any atom is -0.454 e. The predicted molar refractivity (Wildman–Crippen MR) is 115 cm³/mol. The van der Waals surface area contributed by atoms with Crippen molar-refractivity contribution in [3.05, 3.63) is 64.7 Å². The summed E-state index contributed by atoms with van der Waals surface area (Å²) < 4.78 is 5.14. The number of fused-ring (bicyclic) bond motifs is 1. The SMILES string of the molecule is C[C@@H]1CC[C@H]2C(=O)N(c3cccc(C(=O)OCC(=O)c4ccc(Cl)cc4)c3)C(=O)[C@@H]2C1. The first-order chi connectivity index (χ1) is 14.8. The molecule has 2 aromatic carbocycles. The smallest absolute Gasteiger partial charge is 0.338 e. The normalized spacial score (nSPS) is 22.9. The molecule has 1 aliphatic carbocycles. The number of hydrogen-bond donors (Lipinski definition) is 0. The summed E-state index contributed by atoms with van der Waals surface area (Å²) in [6, 6.07) is 12.5. The van der Waals surface area contributed by atoms with Crippen LogP contribution >= 0.6 is 11.6 Å². The van der Waals surface area contributed by atoms with Crippen LogP contribution in [-0.4, -0.2) is 30.2 Å². The lowest BCUT2D eigenvalue weighted by atomic mass is 9.76. The quantitative estimate of drug-likeness (QED) is 0.394. The molecule has 2 fully saturated rings. The second-order valence-electron chi connectivity index (χ2n) is 8.20. The summed E-state index contributed by atoms with van der Waals surface area (Å²) in [6.45, 7) is 1.67. The monoisotopic (exact) mass is 439 g/mol. The van der Waals surface area contributed by atoms with E-state index in [0.717, 1.165) is 6.42 Å². The Hall–Kier alpha value is -2.99. The van der Waals surface area contributed by atoms with Crippen LogP contribution in [0.25, 0.3) is 0 Å². The van der Waals surface area contributed by atoms with Crippen molar-refractivity contribution < 1.29 is 23.9 Å². The molecule has 160 valence electrons. The fourth-order valence-corrected chi connectivity index (χ4v) is 4.48. The lowest BCUT2D eigenvalue weighted by Gasteiger charge is -2.25. The summed E-state index contributed by atoms with van der Waals surface area (Å²) in [4.78, 5) is 51.7. The third-order valence-corrected chi connectivity index (χ3v) is 6.28. The highest BCUT2D eigenvalue weighted by atomic mass is 35.5. The van der Waals surface area contributed by atoms with Crippen molar-refractivity contribution in [1.29, 1.82) is 0 Å². The Morgan fingerprint density at radius 2 is 1.71 bits per heavy atom. The number of halogens is 1. The number of Topliss-reactive ketones (excluding diaryl/α,β-unsaturated/α-hetero) is 1. The van der Waals surface area contributed by atoms with Gasteiger partial charge in [-0.3, -0.25) is 19.3 Å². The first-order valence-electron chi connectivity index (χ1n) is 10.3. The minimum absolute atomic E-state index is 0.172. The molecule has 1 saturated carbocycles. The number of hydrogen-bond acceptors (Lipinski definition) is 5. The second-order valence-corrected chi connectivity index (χ2v) is 8.64. The van der Waals surface area contributed by atoms with Gasteiger partial charge in [0, 0.05) is 10.6 Å². The molecular weight excluding hydrogens is 418 g/mol. The average molecular weight is 440 g/mol. The number of ether oxygens (including phenoxy) is 1. The van der Waals surface area contributed by atoms with Crippen LogP contribution in [0.15, 0.2) is 48.5 Å². The van der Waals surface area contributed by atoms with Crippen LogP contribution in [0, 0.1) is 17.8 Å². The van der Waals surface area contributed by atoms with Gasteiger partial charge in [-0.25, -0.2) is 4.79 Å². The summed E-state index contributed by atoms with van der Waals surface area (Å²) in [5.41, 5.74) is 0.914. The minimum atomic E-state index is -0.700. The zero-order chi connectivity index (χ0) is 22.1. The molecular formula is C24H22ClNO5. The topological polar surface area (TPSA) is 80.8 Å². The third kappa shape index (κ3) is 4.26. The number of amides is 2. The Kier molecular flexibility index (Phi) is 5.92. The molecule has 2 aromatic rings. The highest BCUT2D eigenvalue weighted by Crippen LogP contribution is 2.42. The Bertz CT molecular complexity index is 1050. The number of benzene rings is 2. The lowest BCUT2D eigenvalue weighted by Crippen LogP contribution is -2.31. The van der Waals surface area contributed by atoms with E-state index in [2.05, 4.69) is 6.92 Å². The van der Waals surface area contributed by atoms with Gasteiger partial charge in [-0.05, 0) is 67.6 Å². The number of carbonyl (C=O) groups excluding carboxylic acids is 4. The van der Waals surface area contributed by atoms with E-state index in [9.17, 15) is 19.2 Å². The number of esters is 1. The van der Waals surface area contributed by atoms with Crippen LogP contribution < -0.4 is 4.90 Å². The molecule has 0 bridgehead atoms. The van der Waals surface area contributed by atoms with Crippen molar-refractivity contribution in [2.45, 2.75) is 26.2 Å². The average Bonchev–Trinajstić information content (AvgIpc) is 3.01. The zero-order valence-corrected chi connectivity index (χ0v) is 17.8. The van der Waals surface area contributed by atoms with Crippen LogP contribution in [0.3, 0.4) is 0 Å². The molecule has 1 aliphatic heterocycles. The molecule has 1 saturated heterocycles. The molecule has 6 nitrogen and oxygen atoms in total. The fraction of sp³-hybridized carbons (Fsp3) is 0.333. The fourth-order valence-electron chi connectivity index (χ4n) is 4.35.